The molecule has 4 amide bonds. The number of ether oxygens (including phenoxy) is 1. The van der Waals surface area contributed by atoms with Crippen molar-refractivity contribution in [3.05, 3.63) is 59.4 Å². The number of nitrogens with zero attached hydrogens (tertiary/aromatic N) is 6. The van der Waals surface area contributed by atoms with Crippen LogP contribution in [-0.4, -0.2) is 93.3 Å². The molecular formula is C30H39N7O4. The fourth-order valence-electron chi connectivity index (χ4n) is 5.27. The van der Waals surface area contributed by atoms with E-state index >= 15 is 0 Å². The number of carbonyl (C=O) groups is 3. The smallest absolute Gasteiger partial charge is 0.410 e. The second-order valence-electron chi connectivity index (χ2n) is 11.9. The molecule has 0 spiro atoms. The Balaban J connectivity index is 1.14. The highest BCUT2D eigenvalue weighted by molar-refractivity contribution is 6.06. The number of nitrogens with one attached hydrogen (secondary N) is 1. The van der Waals surface area contributed by atoms with Gasteiger partial charge in [0.2, 0.25) is 5.91 Å². The van der Waals surface area contributed by atoms with E-state index in [0.29, 0.717) is 51.4 Å². The van der Waals surface area contributed by atoms with Gasteiger partial charge < -0.3 is 19.9 Å². The maximum atomic E-state index is 12.8. The second kappa shape index (κ2) is 11.9. The number of fused-ring (bicyclic) bond motifs is 1. The summed E-state index contributed by atoms with van der Waals surface area (Å²) in [6.07, 6.45) is 3.67. The lowest BCUT2D eigenvalue weighted by molar-refractivity contribution is -0.132. The van der Waals surface area contributed by atoms with Crippen LogP contribution in [0.5, 0.6) is 0 Å². The van der Waals surface area contributed by atoms with Gasteiger partial charge in [-0.2, -0.15) is 5.10 Å². The topological polar surface area (TPSA) is 111 Å². The van der Waals surface area contributed by atoms with E-state index < -0.39 is 5.60 Å². The number of rotatable bonds is 5. The number of piperazine rings is 1. The Morgan fingerprint density at radius 1 is 0.976 bits per heavy atom. The van der Waals surface area contributed by atoms with Gasteiger partial charge in [0.1, 0.15) is 5.60 Å². The number of pyridine rings is 1. The van der Waals surface area contributed by atoms with Gasteiger partial charge in [-0.15, -0.1) is 0 Å². The molecule has 4 heterocycles. The van der Waals surface area contributed by atoms with Crippen LogP contribution in [0.25, 0.3) is 0 Å². The van der Waals surface area contributed by atoms with Crippen LogP contribution in [0.1, 0.15) is 50.8 Å². The van der Waals surface area contributed by atoms with Crippen LogP contribution >= 0.6 is 0 Å². The van der Waals surface area contributed by atoms with Crippen LogP contribution < -0.4 is 5.32 Å². The quantitative estimate of drug-likeness (QED) is 0.595. The maximum Gasteiger partial charge on any atom is 0.410 e. The molecule has 1 aromatic heterocycles. The second-order valence-corrected chi connectivity index (χ2v) is 11.9. The van der Waals surface area contributed by atoms with Gasteiger partial charge in [0, 0.05) is 76.2 Å². The fraction of sp³-hybridized carbons (Fsp3) is 0.500. The minimum atomic E-state index is -0.511. The van der Waals surface area contributed by atoms with E-state index in [4.69, 9.17) is 9.84 Å². The number of hydrogen-bond donors (Lipinski definition) is 1. The van der Waals surface area contributed by atoms with E-state index in [-0.39, 0.29) is 23.9 Å². The number of carbonyl (C=O) groups excluding carboxylic acids is 3. The van der Waals surface area contributed by atoms with Crippen molar-refractivity contribution in [2.24, 2.45) is 11.0 Å². The molecule has 1 fully saturated rings. The standard InChI is InChI=1S/C30H39N7O4/c1-21-17-26(38)37(16-13-34-11-14-35(15-12-34)29(40)41-30(2,3)4)33-27(21)22-5-7-25(8-6-22)32-28(39)36-19-23-9-10-31-18-24(23)20-36/h5-10,18,21H,11-17,19-20H2,1-4H3,(H,32,39). The van der Waals surface area contributed by atoms with Crippen LogP contribution in [0.15, 0.2) is 47.8 Å². The van der Waals surface area contributed by atoms with Crippen molar-refractivity contribution < 1.29 is 19.1 Å². The Hall–Kier alpha value is -3.99. The predicted octanol–water partition coefficient (Wildman–Crippen LogP) is 3.75. The molecule has 1 unspecified atom stereocenters. The first-order valence-corrected chi connectivity index (χ1v) is 14.2. The number of urea groups is 1. The van der Waals surface area contributed by atoms with Crippen molar-refractivity contribution in [2.75, 3.05) is 44.6 Å². The van der Waals surface area contributed by atoms with Gasteiger partial charge in [-0.05, 0) is 55.7 Å². The number of anilines is 1. The zero-order valence-electron chi connectivity index (χ0n) is 24.3. The van der Waals surface area contributed by atoms with Crippen LogP contribution in [0.3, 0.4) is 0 Å². The van der Waals surface area contributed by atoms with Crippen LogP contribution in [0.4, 0.5) is 15.3 Å². The van der Waals surface area contributed by atoms with Crippen LogP contribution in [0.2, 0.25) is 0 Å². The summed E-state index contributed by atoms with van der Waals surface area (Å²) in [6.45, 7) is 12.5. The minimum Gasteiger partial charge on any atom is -0.444 e. The molecule has 1 atom stereocenters. The van der Waals surface area contributed by atoms with E-state index in [1.165, 1.54) is 0 Å². The Labute approximate surface area is 241 Å². The molecule has 1 aromatic carbocycles. The van der Waals surface area contributed by atoms with E-state index in [1.807, 2.05) is 64.2 Å². The molecule has 1 N–H and O–H groups in total. The highest BCUT2D eigenvalue weighted by atomic mass is 16.6. The summed E-state index contributed by atoms with van der Waals surface area (Å²) in [4.78, 5) is 47.8. The molecule has 218 valence electrons. The normalized spacial score (nSPS) is 19.6. The van der Waals surface area contributed by atoms with Crippen molar-refractivity contribution >= 4 is 29.4 Å². The van der Waals surface area contributed by atoms with Gasteiger partial charge in [-0.25, -0.2) is 14.6 Å². The summed E-state index contributed by atoms with van der Waals surface area (Å²) < 4.78 is 5.48. The molecule has 5 rings (SSSR count). The first-order valence-electron chi connectivity index (χ1n) is 14.2. The Morgan fingerprint density at radius 2 is 1.68 bits per heavy atom. The third kappa shape index (κ3) is 7.02. The van der Waals surface area contributed by atoms with Gasteiger partial charge in [0.15, 0.2) is 0 Å². The zero-order chi connectivity index (χ0) is 29.1. The van der Waals surface area contributed by atoms with Crippen molar-refractivity contribution in [3.8, 4) is 0 Å². The highest BCUT2D eigenvalue weighted by Crippen LogP contribution is 2.24. The molecule has 0 saturated carbocycles. The molecule has 0 radical (unpaired) electrons. The average molecular weight is 562 g/mol. The van der Waals surface area contributed by atoms with Gasteiger partial charge >= 0.3 is 12.1 Å². The molecule has 1 saturated heterocycles. The monoisotopic (exact) mass is 561 g/mol. The third-order valence-corrected chi connectivity index (χ3v) is 7.56. The lowest BCUT2D eigenvalue weighted by Gasteiger charge is -2.36. The Bertz CT molecular complexity index is 1290. The molecular weight excluding hydrogens is 522 g/mol. The van der Waals surface area contributed by atoms with E-state index in [2.05, 4.69) is 15.2 Å². The minimum absolute atomic E-state index is 0.00622. The maximum absolute atomic E-state index is 12.8. The Kier molecular flexibility index (Phi) is 8.25. The predicted molar refractivity (Wildman–Crippen MR) is 155 cm³/mol. The van der Waals surface area contributed by atoms with E-state index in [1.54, 1.807) is 21.0 Å². The molecule has 3 aliphatic heterocycles. The lowest BCUT2D eigenvalue weighted by atomic mass is 9.93. The summed E-state index contributed by atoms with van der Waals surface area (Å²) in [7, 11) is 0. The molecule has 11 nitrogen and oxygen atoms in total. The largest absolute Gasteiger partial charge is 0.444 e. The lowest BCUT2D eigenvalue weighted by Crippen LogP contribution is -2.51. The summed E-state index contributed by atoms with van der Waals surface area (Å²) in [6, 6.07) is 9.43. The highest BCUT2D eigenvalue weighted by Gasteiger charge is 2.30. The number of hydrogen-bond acceptors (Lipinski definition) is 7. The molecule has 2 aromatic rings. The number of amides is 4. The van der Waals surface area contributed by atoms with E-state index in [9.17, 15) is 14.4 Å². The van der Waals surface area contributed by atoms with Crippen LogP contribution in [-0.2, 0) is 22.6 Å². The van der Waals surface area contributed by atoms with Crippen molar-refractivity contribution in [1.29, 1.82) is 0 Å². The number of aromatic nitrogens is 1. The average Bonchev–Trinajstić information content (AvgIpc) is 3.37. The van der Waals surface area contributed by atoms with Crippen molar-refractivity contribution in [1.82, 2.24) is 24.7 Å². The summed E-state index contributed by atoms with van der Waals surface area (Å²) in [5.41, 5.74) is 4.18. The summed E-state index contributed by atoms with van der Waals surface area (Å²) in [5, 5.41) is 9.30. The van der Waals surface area contributed by atoms with Gasteiger partial charge in [-0.3, -0.25) is 14.7 Å². The summed E-state index contributed by atoms with van der Waals surface area (Å²) in [5.74, 6) is 0.00705. The third-order valence-electron chi connectivity index (χ3n) is 7.56. The van der Waals surface area contributed by atoms with Gasteiger partial charge in [0.05, 0.1) is 12.3 Å². The first-order chi connectivity index (χ1) is 19.6. The SMILES string of the molecule is CC1CC(=O)N(CCN2CCN(C(=O)OC(C)(C)C)CC2)N=C1c1ccc(NC(=O)N2Cc3ccncc3C2)cc1. The van der Waals surface area contributed by atoms with Crippen molar-refractivity contribution in [3.63, 3.8) is 0 Å². The number of benzene rings is 1. The molecule has 0 bridgehead atoms. The van der Waals surface area contributed by atoms with E-state index in [0.717, 1.165) is 35.5 Å². The molecule has 41 heavy (non-hydrogen) atoms. The zero-order valence-corrected chi connectivity index (χ0v) is 24.3. The first kappa shape index (κ1) is 28.5. The van der Waals surface area contributed by atoms with Crippen LogP contribution in [0, 0.1) is 5.92 Å². The molecule has 3 aliphatic rings. The van der Waals surface area contributed by atoms with Gasteiger partial charge in [-0.1, -0.05) is 19.1 Å². The molecule has 0 aliphatic carbocycles. The van der Waals surface area contributed by atoms with Crippen molar-refractivity contribution in [2.45, 2.75) is 52.8 Å². The number of hydrazone groups is 1. The Morgan fingerprint density at radius 3 is 2.37 bits per heavy atom. The van der Waals surface area contributed by atoms with Gasteiger partial charge in [0.25, 0.3) is 0 Å². The molecule has 11 heteroatoms. The summed E-state index contributed by atoms with van der Waals surface area (Å²) >= 11 is 0. The fourth-order valence-corrected chi connectivity index (χ4v) is 5.27.